The number of rotatable bonds is 7. The Morgan fingerprint density at radius 3 is 2.74 bits per heavy atom. The number of aromatic nitrogens is 2. The fourth-order valence-electron chi connectivity index (χ4n) is 4.26. The monoisotopic (exact) mass is 418 g/mol. The highest BCUT2D eigenvalue weighted by atomic mass is 16.1. The van der Waals surface area contributed by atoms with Crippen molar-refractivity contribution in [3.05, 3.63) is 75.8 Å². The molecule has 0 unspecified atom stereocenters. The first-order chi connectivity index (χ1) is 15.1. The Hall–Kier alpha value is -2.99. The van der Waals surface area contributed by atoms with Crippen LogP contribution >= 0.6 is 0 Å². The molecule has 0 aliphatic carbocycles. The summed E-state index contributed by atoms with van der Waals surface area (Å²) < 4.78 is 0. The fourth-order valence-corrected chi connectivity index (χ4v) is 4.26. The lowest BCUT2D eigenvalue weighted by molar-refractivity contribution is -0.121. The van der Waals surface area contributed by atoms with Crippen LogP contribution < -0.4 is 10.9 Å². The van der Waals surface area contributed by atoms with Crippen molar-refractivity contribution >= 4 is 16.8 Å². The van der Waals surface area contributed by atoms with E-state index >= 15 is 0 Å². The number of nitrogens with zero attached hydrogens (tertiary/aromatic N) is 2. The van der Waals surface area contributed by atoms with Crippen LogP contribution in [-0.2, 0) is 24.3 Å². The van der Waals surface area contributed by atoms with E-state index in [0.29, 0.717) is 35.7 Å². The second kappa shape index (κ2) is 9.88. The largest absolute Gasteiger partial charge is 0.352 e. The molecule has 6 heteroatoms. The van der Waals surface area contributed by atoms with Gasteiger partial charge in [-0.1, -0.05) is 42.8 Å². The topological polar surface area (TPSA) is 78.1 Å². The zero-order chi connectivity index (χ0) is 21.6. The molecule has 162 valence electrons. The summed E-state index contributed by atoms with van der Waals surface area (Å²) in [5, 5.41) is 3.60. The molecule has 1 aliphatic heterocycles. The first-order valence-corrected chi connectivity index (χ1v) is 11.2. The van der Waals surface area contributed by atoms with Crippen LogP contribution in [0.25, 0.3) is 10.9 Å². The van der Waals surface area contributed by atoms with Crippen molar-refractivity contribution in [2.45, 2.75) is 58.2 Å². The lowest BCUT2D eigenvalue weighted by Crippen LogP contribution is -2.37. The van der Waals surface area contributed by atoms with E-state index in [4.69, 9.17) is 0 Å². The van der Waals surface area contributed by atoms with E-state index in [0.717, 1.165) is 18.7 Å². The maximum atomic E-state index is 12.5. The van der Waals surface area contributed by atoms with Gasteiger partial charge in [-0.2, -0.15) is 0 Å². The molecule has 1 fully saturated rings. The molecule has 4 rings (SSSR count). The Bertz CT molecular complexity index is 1110. The van der Waals surface area contributed by atoms with Crippen LogP contribution in [0.4, 0.5) is 0 Å². The highest BCUT2D eigenvalue weighted by Crippen LogP contribution is 2.20. The van der Waals surface area contributed by atoms with Crippen LogP contribution in [0, 0.1) is 0 Å². The molecule has 6 nitrogen and oxygen atoms in total. The molecule has 1 atom stereocenters. The molecular weight excluding hydrogens is 388 g/mol. The Labute approximate surface area is 182 Å². The number of amides is 1. The van der Waals surface area contributed by atoms with Crippen LogP contribution in [0.1, 0.15) is 49.6 Å². The van der Waals surface area contributed by atoms with E-state index in [-0.39, 0.29) is 17.9 Å². The Morgan fingerprint density at radius 2 is 1.90 bits per heavy atom. The molecule has 3 aromatic rings. The van der Waals surface area contributed by atoms with Crippen LogP contribution in [0.2, 0.25) is 0 Å². The van der Waals surface area contributed by atoms with Gasteiger partial charge in [0.2, 0.25) is 5.91 Å². The molecule has 2 N–H and O–H groups in total. The van der Waals surface area contributed by atoms with Crippen molar-refractivity contribution in [1.82, 2.24) is 20.2 Å². The van der Waals surface area contributed by atoms with Crippen LogP contribution in [-0.4, -0.2) is 33.4 Å². The zero-order valence-corrected chi connectivity index (χ0v) is 18.1. The molecule has 0 radical (unpaired) electrons. The zero-order valence-electron chi connectivity index (χ0n) is 18.1. The number of para-hydroxylation sites is 1. The summed E-state index contributed by atoms with van der Waals surface area (Å²) in [5.74, 6) is 0.496. The number of piperidine rings is 1. The number of aryl methyl sites for hydroxylation is 1. The predicted octanol–water partition coefficient (Wildman–Crippen LogP) is 3.55. The number of carbonyl (C=O) groups excluding carboxylic acids is 1. The lowest BCUT2D eigenvalue weighted by atomic mass is 10.0. The highest BCUT2D eigenvalue weighted by molar-refractivity contribution is 5.78. The normalized spacial score (nSPS) is 17.0. The lowest BCUT2D eigenvalue weighted by Gasteiger charge is -2.33. The first-order valence-electron chi connectivity index (χ1n) is 11.2. The molecular formula is C25H30N4O2. The number of hydrogen-bond donors (Lipinski definition) is 2. The molecule has 1 aliphatic rings. The number of H-pyrrole nitrogens is 1. The number of likely N-dealkylation sites (tertiary alicyclic amines) is 1. The summed E-state index contributed by atoms with van der Waals surface area (Å²) in [7, 11) is 0. The van der Waals surface area contributed by atoms with E-state index in [1.54, 1.807) is 6.07 Å². The quantitative estimate of drug-likeness (QED) is 0.615. The van der Waals surface area contributed by atoms with Crippen molar-refractivity contribution in [3.8, 4) is 0 Å². The fraction of sp³-hybridized carbons (Fsp3) is 0.400. The van der Waals surface area contributed by atoms with E-state index in [2.05, 4.69) is 45.3 Å². The van der Waals surface area contributed by atoms with E-state index in [9.17, 15) is 9.59 Å². The minimum absolute atomic E-state index is 0.0445. The van der Waals surface area contributed by atoms with Gasteiger partial charge in [0, 0.05) is 32.0 Å². The van der Waals surface area contributed by atoms with Gasteiger partial charge < -0.3 is 10.3 Å². The summed E-state index contributed by atoms with van der Waals surface area (Å²) in [6, 6.07) is 16.2. The molecule has 1 amide bonds. The Kier molecular flexibility index (Phi) is 6.77. The summed E-state index contributed by atoms with van der Waals surface area (Å²) in [6.07, 6.45) is 4.51. The minimum Gasteiger partial charge on any atom is -0.352 e. The van der Waals surface area contributed by atoms with Gasteiger partial charge in [-0.25, -0.2) is 4.98 Å². The number of aromatic amines is 1. The number of carbonyl (C=O) groups is 1. The number of hydrogen-bond acceptors (Lipinski definition) is 4. The molecule has 31 heavy (non-hydrogen) atoms. The van der Waals surface area contributed by atoms with Crippen molar-refractivity contribution < 1.29 is 4.79 Å². The van der Waals surface area contributed by atoms with Gasteiger partial charge in [0.25, 0.3) is 5.56 Å². The van der Waals surface area contributed by atoms with Gasteiger partial charge in [0.1, 0.15) is 5.82 Å². The summed E-state index contributed by atoms with van der Waals surface area (Å²) in [5.41, 5.74) is 2.92. The van der Waals surface area contributed by atoms with E-state index in [1.807, 2.05) is 24.3 Å². The maximum absolute atomic E-state index is 12.5. The molecule has 1 aromatic heterocycles. The molecule has 0 saturated carbocycles. The summed E-state index contributed by atoms with van der Waals surface area (Å²) >= 11 is 0. The van der Waals surface area contributed by atoms with Crippen molar-refractivity contribution in [2.24, 2.45) is 0 Å². The second-order valence-electron chi connectivity index (χ2n) is 8.39. The molecule has 2 aromatic carbocycles. The van der Waals surface area contributed by atoms with Gasteiger partial charge in [0.15, 0.2) is 0 Å². The standard InChI is InChI=1S/C25H30N4O2/c1-18-8-6-7-15-29(18)17-20-10-3-2-9-19(20)16-26-24(30)14-13-23-27-22-12-5-4-11-21(22)25(31)28-23/h2-5,9-12,18H,6-8,13-17H2,1H3,(H,26,30)(H,27,28,31)/t18-/m0/s1. The third-order valence-electron chi connectivity index (χ3n) is 6.16. The number of benzene rings is 2. The second-order valence-corrected chi connectivity index (χ2v) is 8.39. The maximum Gasteiger partial charge on any atom is 0.258 e. The third kappa shape index (κ3) is 5.39. The minimum atomic E-state index is -0.165. The van der Waals surface area contributed by atoms with Crippen LogP contribution in [0.5, 0.6) is 0 Å². The molecule has 1 saturated heterocycles. The van der Waals surface area contributed by atoms with E-state index in [1.165, 1.54) is 24.8 Å². The van der Waals surface area contributed by atoms with Gasteiger partial charge >= 0.3 is 0 Å². The van der Waals surface area contributed by atoms with Gasteiger partial charge in [-0.05, 0) is 49.6 Å². The average molecular weight is 419 g/mol. The highest BCUT2D eigenvalue weighted by Gasteiger charge is 2.19. The SMILES string of the molecule is C[C@H]1CCCCN1Cc1ccccc1CNC(=O)CCc1nc2ccccc2c(=O)[nH]1. The first kappa shape index (κ1) is 21.2. The van der Waals surface area contributed by atoms with Gasteiger partial charge in [0.05, 0.1) is 10.9 Å². The van der Waals surface area contributed by atoms with E-state index < -0.39 is 0 Å². The predicted molar refractivity (Wildman–Crippen MR) is 123 cm³/mol. The van der Waals surface area contributed by atoms with Crippen LogP contribution in [0.3, 0.4) is 0 Å². The number of nitrogens with one attached hydrogen (secondary N) is 2. The van der Waals surface area contributed by atoms with Crippen molar-refractivity contribution in [3.63, 3.8) is 0 Å². The van der Waals surface area contributed by atoms with Gasteiger partial charge in [-0.15, -0.1) is 0 Å². The third-order valence-corrected chi connectivity index (χ3v) is 6.16. The summed E-state index contributed by atoms with van der Waals surface area (Å²) in [4.78, 5) is 34.4. The summed E-state index contributed by atoms with van der Waals surface area (Å²) in [6.45, 7) is 4.88. The van der Waals surface area contributed by atoms with Gasteiger partial charge in [-0.3, -0.25) is 14.5 Å². The van der Waals surface area contributed by atoms with Crippen molar-refractivity contribution in [1.29, 1.82) is 0 Å². The molecule has 0 spiro atoms. The average Bonchev–Trinajstić information content (AvgIpc) is 2.78. The van der Waals surface area contributed by atoms with Crippen LogP contribution in [0.15, 0.2) is 53.3 Å². The molecule has 0 bridgehead atoms. The Balaban J connectivity index is 1.33. The Morgan fingerprint density at radius 1 is 1.13 bits per heavy atom. The molecule has 2 heterocycles. The van der Waals surface area contributed by atoms with Crippen molar-refractivity contribution in [2.75, 3.05) is 6.54 Å². The smallest absolute Gasteiger partial charge is 0.258 e. The number of fused-ring (bicyclic) bond motifs is 1.